The average Bonchev–Trinajstić information content (AvgIpc) is 2.89. The van der Waals surface area contributed by atoms with E-state index in [9.17, 15) is 0 Å². The van der Waals surface area contributed by atoms with Gasteiger partial charge in [-0.05, 0) is 46.1 Å². The number of hydrogen-bond donors (Lipinski definition) is 1. The van der Waals surface area contributed by atoms with E-state index < -0.39 is 0 Å². The fraction of sp³-hybridized carbons (Fsp3) is 0.812. The van der Waals surface area contributed by atoms with Gasteiger partial charge in [0.2, 0.25) is 0 Å². The molecule has 1 atom stereocenters. The second kappa shape index (κ2) is 8.11. The molecule has 0 saturated carbocycles. The summed E-state index contributed by atoms with van der Waals surface area (Å²) in [6.45, 7) is 9.42. The molecular weight excluding hydrogens is 282 g/mol. The Hall–Kier alpha value is -0.650. The summed E-state index contributed by atoms with van der Waals surface area (Å²) in [6.07, 6.45) is 4.81. The molecule has 1 heterocycles. The predicted molar refractivity (Wildman–Crippen MR) is 90.4 cm³/mol. The number of anilines is 1. The van der Waals surface area contributed by atoms with Gasteiger partial charge in [0.05, 0.1) is 12.3 Å². The lowest BCUT2D eigenvalue weighted by Gasteiger charge is -2.25. The quantitative estimate of drug-likeness (QED) is 0.798. The first-order chi connectivity index (χ1) is 10.2. The molecule has 0 amide bonds. The van der Waals surface area contributed by atoms with Crippen LogP contribution in [0.2, 0.25) is 0 Å². The van der Waals surface area contributed by atoms with Crippen molar-refractivity contribution in [1.82, 2.24) is 10.3 Å². The van der Waals surface area contributed by atoms with Crippen LogP contribution < -0.4 is 10.2 Å². The lowest BCUT2D eigenvalue weighted by molar-refractivity contribution is 0.204. The molecule has 1 N–H and O–H groups in total. The standard InChI is InChI=1S/C16H29N3OS/c1-5-9-17-13-7-6-8-14-15(13)21-16(18-14)19(12(2)3)10-11-20-4/h12-13,17H,5-11H2,1-4H3. The highest BCUT2D eigenvalue weighted by molar-refractivity contribution is 7.15. The number of ether oxygens (including phenoxy) is 1. The number of aryl methyl sites for hydroxylation is 1. The van der Waals surface area contributed by atoms with Crippen LogP contribution in [-0.4, -0.2) is 37.8 Å². The van der Waals surface area contributed by atoms with E-state index in [-0.39, 0.29) is 0 Å². The van der Waals surface area contributed by atoms with Gasteiger partial charge >= 0.3 is 0 Å². The monoisotopic (exact) mass is 311 g/mol. The molecule has 0 spiro atoms. The molecule has 21 heavy (non-hydrogen) atoms. The van der Waals surface area contributed by atoms with E-state index in [1.807, 2.05) is 11.3 Å². The van der Waals surface area contributed by atoms with E-state index in [2.05, 4.69) is 31.0 Å². The van der Waals surface area contributed by atoms with Gasteiger partial charge < -0.3 is 15.0 Å². The molecule has 4 nitrogen and oxygen atoms in total. The zero-order chi connectivity index (χ0) is 15.2. The molecule has 1 aromatic rings. The van der Waals surface area contributed by atoms with Crippen molar-refractivity contribution in [3.05, 3.63) is 10.6 Å². The normalized spacial score (nSPS) is 18.0. The van der Waals surface area contributed by atoms with Crippen molar-refractivity contribution in [1.29, 1.82) is 0 Å². The summed E-state index contributed by atoms with van der Waals surface area (Å²) < 4.78 is 5.24. The number of fused-ring (bicyclic) bond motifs is 1. The van der Waals surface area contributed by atoms with Crippen molar-refractivity contribution in [2.45, 2.75) is 58.5 Å². The summed E-state index contributed by atoms with van der Waals surface area (Å²) in [6, 6.07) is 0.964. The zero-order valence-electron chi connectivity index (χ0n) is 13.8. The number of rotatable bonds is 8. The van der Waals surface area contributed by atoms with Gasteiger partial charge in [0.15, 0.2) is 5.13 Å². The maximum atomic E-state index is 5.24. The first-order valence-corrected chi connectivity index (χ1v) is 8.97. The van der Waals surface area contributed by atoms with Crippen LogP contribution in [0.4, 0.5) is 5.13 Å². The molecule has 0 bridgehead atoms. The van der Waals surface area contributed by atoms with E-state index in [4.69, 9.17) is 9.72 Å². The SMILES string of the molecule is CCCNC1CCCc2nc(N(CCOC)C(C)C)sc21. The highest BCUT2D eigenvalue weighted by atomic mass is 32.1. The average molecular weight is 311 g/mol. The molecule has 1 aliphatic rings. The fourth-order valence-electron chi connectivity index (χ4n) is 2.81. The van der Waals surface area contributed by atoms with Crippen molar-refractivity contribution < 1.29 is 4.74 Å². The predicted octanol–water partition coefficient (Wildman–Crippen LogP) is 3.38. The van der Waals surface area contributed by atoms with Gasteiger partial charge in [-0.15, -0.1) is 0 Å². The van der Waals surface area contributed by atoms with E-state index in [1.54, 1.807) is 7.11 Å². The van der Waals surface area contributed by atoms with Crippen LogP contribution in [-0.2, 0) is 11.2 Å². The van der Waals surface area contributed by atoms with Crippen LogP contribution in [0.15, 0.2) is 0 Å². The zero-order valence-corrected chi connectivity index (χ0v) is 14.6. The van der Waals surface area contributed by atoms with Crippen molar-refractivity contribution in [2.75, 3.05) is 31.7 Å². The van der Waals surface area contributed by atoms with Crippen LogP contribution >= 0.6 is 11.3 Å². The van der Waals surface area contributed by atoms with Gasteiger partial charge in [0, 0.05) is 30.6 Å². The van der Waals surface area contributed by atoms with Gasteiger partial charge in [-0.25, -0.2) is 4.98 Å². The van der Waals surface area contributed by atoms with Crippen molar-refractivity contribution in [2.24, 2.45) is 0 Å². The molecule has 120 valence electrons. The summed E-state index contributed by atoms with van der Waals surface area (Å²) in [7, 11) is 1.76. The summed E-state index contributed by atoms with van der Waals surface area (Å²) in [5.41, 5.74) is 1.32. The summed E-state index contributed by atoms with van der Waals surface area (Å²) in [5.74, 6) is 0. The van der Waals surface area contributed by atoms with Crippen LogP contribution in [0, 0.1) is 0 Å². The topological polar surface area (TPSA) is 37.4 Å². The lowest BCUT2D eigenvalue weighted by atomic mass is 9.98. The molecule has 0 aromatic carbocycles. The van der Waals surface area contributed by atoms with E-state index in [0.717, 1.165) is 31.2 Å². The van der Waals surface area contributed by atoms with Crippen molar-refractivity contribution in [3.63, 3.8) is 0 Å². The van der Waals surface area contributed by atoms with Gasteiger partial charge in [0.25, 0.3) is 0 Å². The van der Waals surface area contributed by atoms with Crippen LogP contribution in [0.5, 0.6) is 0 Å². The lowest BCUT2D eigenvalue weighted by Crippen LogP contribution is -2.33. The number of methoxy groups -OCH3 is 1. The van der Waals surface area contributed by atoms with E-state index in [0.29, 0.717) is 12.1 Å². The summed E-state index contributed by atoms with van der Waals surface area (Å²) in [5, 5.41) is 4.84. The summed E-state index contributed by atoms with van der Waals surface area (Å²) in [4.78, 5) is 8.76. The second-order valence-electron chi connectivity index (χ2n) is 5.99. The van der Waals surface area contributed by atoms with Gasteiger partial charge in [-0.1, -0.05) is 18.3 Å². The van der Waals surface area contributed by atoms with E-state index >= 15 is 0 Å². The highest BCUT2D eigenvalue weighted by Crippen LogP contribution is 2.38. The molecular formula is C16H29N3OS. The minimum atomic E-state index is 0.454. The van der Waals surface area contributed by atoms with Gasteiger partial charge in [-0.2, -0.15) is 0 Å². The third-order valence-corrected chi connectivity index (χ3v) is 5.23. The number of hydrogen-bond acceptors (Lipinski definition) is 5. The molecule has 1 unspecified atom stereocenters. The number of nitrogens with one attached hydrogen (secondary N) is 1. The molecule has 5 heteroatoms. The Morgan fingerprint density at radius 3 is 2.95 bits per heavy atom. The van der Waals surface area contributed by atoms with Crippen LogP contribution in [0.3, 0.4) is 0 Å². The first kappa shape index (κ1) is 16.7. The third-order valence-electron chi connectivity index (χ3n) is 3.99. The Bertz CT molecular complexity index is 433. The van der Waals surface area contributed by atoms with Gasteiger partial charge in [0.1, 0.15) is 0 Å². The molecule has 2 rings (SSSR count). The van der Waals surface area contributed by atoms with E-state index in [1.165, 1.54) is 29.8 Å². The molecule has 1 aromatic heterocycles. The molecule has 0 fully saturated rings. The highest BCUT2D eigenvalue weighted by Gasteiger charge is 2.26. The van der Waals surface area contributed by atoms with Crippen LogP contribution in [0.1, 0.15) is 56.6 Å². The summed E-state index contributed by atoms with van der Waals surface area (Å²) >= 11 is 1.88. The smallest absolute Gasteiger partial charge is 0.186 e. The minimum absolute atomic E-state index is 0.454. The largest absolute Gasteiger partial charge is 0.383 e. The maximum Gasteiger partial charge on any atom is 0.186 e. The Morgan fingerprint density at radius 2 is 2.29 bits per heavy atom. The van der Waals surface area contributed by atoms with Crippen molar-refractivity contribution >= 4 is 16.5 Å². The third kappa shape index (κ3) is 4.18. The first-order valence-electron chi connectivity index (χ1n) is 8.15. The minimum Gasteiger partial charge on any atom is -0.383 e. The Morgan fingerprint density at radius 1 is 1.48 bits per heavy atom. The molecule has 0 saturated heterocycles. The molecule has 1 aliphatic carbocycles. The second-order valence-corrected chi connectivity index (χ2v) is 7.00. The van der Waals surface area contributed by atoms with Gasteiger partial charge in [-0.3, -0.25) is 0 Å². The van der Waals surface area contributed by atoms with Crippen molar-refractivity contribution in [3.8, 4) is 0 Å². The van der Waals surface area contributed by atoms with Crippen LogP contribution in [0.25, 0.3) is 0 Å². The Labute approximate surface area is 132 Å². The molecule has 0 aliphatic heterocycles. The Kier molecular flexibility index (Phi) is 6.45. The Balaban J connectivity index is 2.16. The maximum absolute atomic E-state index is 5.24. The number of nitrogens with zero attached hydrogens (tertiary/aromatic N) is 2. The molecule has 0 radical (unpaired) electrons. The number of aromatic nitrogens is 1. The fourth-order valence-corrected chi connectivity index (χ4v) is 4.19. The number of thiazole rings is 1.